The SMILES string of the molecule is COC(=O)c1nnn(-c2ccc(OC)c(Cl)c2)c1N. The largest absolute Gasteiger partial charge is 0.495 e. The number of methoxy groups -OCH3 is 2. The van der Waals surface area contributed by atoms with Gasteiger partial charge in [-0.3, -0.25) is 0 Å². The number of halogens is 1. The maximum Gasteiger partial charge on any atom is 0.362 e. The Morgan fingerprint density at radius 3 is 2.74 bits per heavy atom. The van der Waals surface area contributed by atoms with E-state index in [0.29, 0.717) is 16.5 Å². The summed E-state index contributed by atoms with van der Waals surface area (Å²) in [6.45, 7) is 0. The summed E-state index contributed by atoms with van der Waals surface area (Å²) in [6.07, 6.45) is 0. The summed E-state index contributed by atoms with van der Waals surface area (Å²) in [5.41, 5.74) is 6.31. The van der Waals surface area contributed by atoms with Crippen LogP contribution in [0.4, 0.5) is 5.82 Å². The molecule has 100 valence electrons. The second kappa shape index (κ2) is 5.15. The Balaban J connectivity index is 2.45. The van der Waals surface area contributed by atoms with Gasteiger partial charge in [0, 0.05) is 0 Å². The van der Waals surface area contributed by atoms with Gasteiger partial charge >= 0.3 is 5.97 Å². The number of benzene rings is 1. The van der Waals surface area contributed by atoms with Crippen LogP contribution in [-0.2, 0) is 4.74 Å². The van der Waals surface area contributed by atoms with Gasteiger partial charge < -0.3 is 15.2 Å². The van der Waals surface area contributed by atoms with E-state index in [9.17, 15) is 4.79 Å². The van der Waals surface area contributed by atoms with Crippen molar-refractivity contribution in [3.05, 3.63) is 28.9 Å². The van der Waals surface area contributed by atoms with Gasteiger partial charge in [-0.25, -0.2) is 4.79 Å². The number of anilines is 1. The van der Waals surface area contributed by atoms with Crippen molar-refractivity contribution in [1.82, 2.24) is 15.0 Å². The number of hydrogen-bond donors (Lipinski definition) is 1. The van der Waals surface area contributed by atoms with Gasteiger partial charge in [-0.15, -0.1) is 5.10 Å². The molecule has 0 aliphatic carbocycles. The van der Waals surface area contributed by atoms with Crippen molar-refractivity contribution in [3.8, 4) is 11.4 Å². The summed E-state index contributed by atoms with van der Waals surface area (Å²) in [5.74, 6) is -0.0475. The third-order valence-electron chi connectivity index (χ3n) is 2.46. The van der Waals surface area contributed by atoms with Crippen LogP contribution < -0.4 is 10.5 Å². The Morgan fingerprint density at radius 2 is 2.16 bits per heavy atom. The van der Waals surface area contributed by atoms with Crippen LogP contribution in [0.15, 0.2) is 18.2 Å². The number of esters is 1. The van der Waals surface area contributed by atoms with E-state index in [2.05, 4.69) is 15.0 Å². The molecular formula is C11H11ClN4O3. The number of ether oxygens (including phenoxy) is 2. The molecule has 2 N–H and O–H groups in total. The predicted molar refractivity (Wildman–Crippen MR) is 68.7 cm³/mol. The van der Waals surface area contributed by atoms with Crippen LogP contribution in [-0.4, -0.2) is 35.2 Å². The molecule has 0 aliphatic heterocycles. The molecule has 0 saturated heterocycles. The second-order valence-corrected chi connectivity index (χ2v) is 3.95. The molecule has 0 fully saturated rings. The van der Waals surface area contributed by atoms with Crippen LogP contribution in [0, 0.1) is 0 Å². The Bertz CT molecular complexity index is 626. The zero-order valence-electron chi connectivity index (χ0n) is 10.3. The molecule has 0 spiro atoms. The standard InChI is InChI=1S/C11H11ClN4O3/c1-18-8-4-3-6(5-7(8)12)16-10(13)9(14-15-16)11(17)19-2/h3-5H,13H2,1-2H3. The van der Waals surface area contributed by atoms with Crippen LogP contribution in [0.25, 0.3) is 5.69 Å². The summed E-state index contributed by atoms with van der Waals surface area (Å²) >= 11 is 6.01. The molecular weight excluding hydrogens is 272 g/mol. The number of hydrogen-bond acceptors (Lipinski definition) is 6. The van der Waals surface area contributed by atoms with E-state index in [1.165, 1.54) is 18.9 Å². The fourth-order valence-corrected chi connectivity index (χ4v) is 1.76. The molecule has 0 bridgehead atoms. The molecule has 0 aliphatic rings. The van der Waals surface area contributed by atoms with Crippen LogP contribution in [0.2, 0.25) is 5.02 Å². The van der Waals surface area contributed by atoms with Crippen molar-refractivity contribution < 1.29 is 14.3 Å². The van der Waals surface area contributed by atoms with Crippen LogP contribution in [0.5, 0.6) is 5.75 Å². The first-order chi connectivity index (χ1) is 9.08. The fourth-order valence-electron chi connectivity index (χ4n) is 1.51. The van der Waals surface area contributed by atoms with E-state index in [0.717, 1.165) is 0 Å². The van der Waals surface area contributed by atoms with Gasteiger partial charge in [-0.05, 0) is 18.2 Å². The summed E-state index contributed by atoms with van der Waals surface area (Å²) in [7, 11) is 2.76. The molecule has 0 amide bonds. The molecule has 0 saturated carbocycles. The summed E-state index contributed by atoms with van der Waals surface area (Å²) in [5, 5.41) is 7.86. The van der Waals surface area contributed by atoms with Gasteiger partial charge in [-0.2, -0.15) is 4.68 Å². The number of nitrogen functional groups attached to an aromatic ring is 1. The summed E-state index contributed by atoms with van der Waals surface area (Å²) in [6, 6.07) is 4.96. The van der Waals surface area contributed by atoms with E-state index >= 15 is 0 Å². The van der Waals surface area contributed by atoms with Gasteiger partial charge in [0.1, 0.15) is 5.75 Å². The Labute approximate surface area is 113 Å². The first kappa shape index (κ1) is 13.2. The van der Waals surface area contributed by atoms with Gasteiger partial charge in [0.15, 0.2) is 5.82 Å². The highest BCUT2D eigenvalue weighted by Gasteiger charge is 2.19. The zero-order chi connectivity index (χ0) is 14.0. The number of carbonyl (C=O) groups is 1. The number of nitrogens with zero attached hydrogens (tertiary/aromatic N) is 3. The third-order valence-corrected chi connectivity index (χ3v) is 2.76. The zero-order valence-corrected chi connectivity index (χ0v) is 11.0. The lowest BCUT2D eigenvalue weighted by Gasteiger charge is -2.06. The number of rotatable bonds is 3. The first-order valence-electron chi connectivity index (χ1n) is 5.22. The van der Waals surface area contributed by atoms with E-state index in [1.807, 2.05) is 0 Å². The van der Waals surface area contributed by atoms with E-state index in [1.54, 1.807) is 18.2 Å². The molecule has 7 nitrogen and oxygen atoms in total. The average Bonchev–Trinajstić information content (AvgIpc) is 2.79. The normalized spacial score (nSPS) is 10.3. The number of aromatic nitrogens is 3. The van der Waals surface area contributed by atoms with Gasteiger partial charge in [0.25, 0.3) is 0 Å². The lowest BCUT2D eigenvalue weighted by molar-refractivity contribution is 0.0595. The van der Waals surface area contributed by atoms with E-state index < -0.39 is 5.97 Å². The van der Waals surface area contributed by atoms with Crippen molar-refractivity contribution in [3.63, 3.8) is 0 Å². The van der Waals surface area contributed by atoms with Crippen LogP contribution in [0.3, 0.4) is 0 Å². The lowest BCUT2D eigenvalue weighted by Crippen LogP contribution is -2.07. The third kappa shape index (κ3) is 2.32. The number of nitrogens with two attached hydrogens (primary N) is 1. The Kier molecular flexibility index (Phi) is 3.57. The summed E-state index contributed by atoms with van der Waals surface area (Å²) < 4.78 is 10.9. The fraction of sp³-hybridized carbons (Fsp3) is 0.182. The maximum atomic E-state index is 11.4. The lowest BCUT2D eigenvalue weighted by atomic mass is 10.3. The molecule has 1 heterocycles. The minimum Gasteiger partial charge on any atom is -0.495 e. The number of carbonyl (C=O) groups excluding carboxylic acids is 1. The average molecular weight is 283 g/mol. The molecule has 8 heteroatoms. The molecule has 0 radical (unpaired) electrons. The second-order valence-electron chi connectivity index (χ2n) is 3.55. The quantitative estimate of drug-likeness (QED) is 0.853. The summed E-state index contributed by atoms with van der Waals surface area (Å²) in [4.78, 5) is 11.4. The molecule has 0 atom stereocenters. The predicted octanol–water partition coefficient (Wildman–Crippen LogP) is 1.30. The van der Waals surface area contributed by atoms with Crippen molar-refractivity contribution in [2.45, 2.75) is 0 Å². The highest BCUT2D eigenvalue weighted by atomic mass is 35.5. The highest BCUT2D eigenvalue weighted by Crippen LogP contribution is 2.27. The smallest absolute Gasteiger partial charge is 0.362 e. The van der Waals surface area contributed by atoms with Gasteiger partial charge in [0.2, 0.25) is 5.69 Å². The van der Waals surface area contributed by atoms with Crippen molar-refractivity contribution >= 4 is 23.4 Å². The van der Waals surface area contributed by atoms with Gasteiger partial charge in [0.05, 0.1) is 24.9 Å². The minimum atomic E-state index is -0.650. The van der Waals surface area contributed by atoms with Crippen molar-refractivity contribution in [1.29, 1.82) is 0 Å². The molecule has 19 heavy (non-hydrogen) atoms. The monoisotopic (exact) mass is 282 g/mol. The molecule has 1 aromatic carbocycles. The Morgan fingerprint density at radius 1 is 1.42 bits per heavy atom. The first-order valence-corrected chi connectivity index (χ1v) is 5.59. The molecule has 2 aromatic rings. The maximum absolute atomic E-state index is 11.4. The van der Waals surface area contributed by atoms with Crippen molar-refractivity contribution in [2.24, 2.45) is 0 Å². The van der Waals surface area contributed by atoms with Gasteiger partial charge in [-0.1, -0.05) is 16.8 Å². The van der Waals surface area contributed by atoms with Crippen molar-refractivity contribution in [2.75, 3.05) is 20.0 Å². The molecule has 0 unspecified atom stereocenters. The topological polar surface area (TPSA) is 92.3 Å². The van der Waals surface area contributed by atoms with Crippen LogP contribution in [0.1, 0.15) is 10.5 Å². The molecule has 1 aromatic heterocycles. The van der Waals surface area contributed by atoms with Crippen LogP contribution >= 0.6 is 11.6 Å². The Hall–Kier alpha value is -2.28. The van der Waals surface area contributed by atoms with E-state index in [-0.39, 0.29) is 11.5 Å². The minimum absolute atomic E-state index is 0.0468. The highest BCUT2D eigenvalue weighted by molar-refractivity contribution is 6.32. The molecule has 2 rings (SSSR count). The van der Waals surface area contributed by atoms with E-state index in [4.69, 9.17) is 22.1 Å².